The fourth-order valence-corrected chi connectivity index (χ4v) is 2.49. The molecule has 8 heteroatoms. The maximum absolute atomic E-state index is 12.1. The molecule has 0 radical (unpaired) electrons. The van der Waals surface area contributed by atoms with E-state index in [4.69, 9.17) is 14.6 Å². The summed E-state index contributed by atoms with van der Waals surface area (Å²) in [6, 6.07) is 2.26. The molecule has 19 heavy (non-hydrogen) atoms. The van der Waals surface area contributed by atoms with Gasteiger partial charge in [0.1, 0.15) is 22.0 Å². The van der Waals surface area contributed by atoms with Crippen molar-refractivity contribution in [2.45, 2.75) is 4.90 Å². The lowest BCUT2D eigenvalue weighted by Crippen LogP contribution is -2.23. The second-order valence-electron chi connectivity index (χ2n) is 3.80. The predicted molar refractivity (Wildman–Crippen MR) is 67.4 cm³/mol. The molecule has 0 heterocycles. The smallest absolute Gasteiger partial charge is 0.339 e. The average molecular weight is 289 g/mol. The van der Waals surface area contributed by atoms with E-state index >= 15 is 0 Å². The zero-order chi connectivity index (χ0) is 14.8. The first-order valence-electron chi connectivity index (χ1n) is 5.17. The Morgan fingerprint density at radius 3 is 2.05 bits per heavy atom. The van der Waals surface area contributed by atoms with Crippen LogP contribution in [-0.2, 0) is 10.0 Å². The molecule has 0 aliphatic rings. The maximum Gasteiger partial charge on any atom is 0.339 e. The standard InChI is InChI=1S/C11H15NO6S/c1-12(2)19(15,16)10-5-7(11(13)14)8(17-3)6-9(10)18-4/h5-6H,1-4H3,(H,13,14). The minimum absolute atomic E-state index is 0.0237. The Hall–Kier alpha value is -1.80. The van der Waals surface area contributed by atoms with Gasteiger partial charge in [0.25, 0.3) is 0 Å². The van der Waals surface area contributed by atoms with E-state index in [1.807, 2.05) is 0 Å². The summed E-state index contributed by atoms with van der Waals surface area (Å²) in [6.07, 6.45) is 0. The minimum atomic E-state index is -3.81. The first kappa shape index (κ1) is 15.3. The molecule has 7 nitrogen and oxygen atoms in total. The second kappa shape index (κ2) is 5.45. The van der Waals surface area contributed by atoms with Gasteiger partial charge in [-0.2, -0.15) is 0 Å². The minimum Gasteiger partial charge on any atom is -0.496 e. The van der Waals surface area contributed by atoms with Gasteiger partial charge >= 0.3 is 5.97 Å². The molecular formula is C11H15NO6S. The van der Waals surface area contributed by atoms with E-state index in [0.29, 0.717) is 0 Å². The summed E-state index contributed by atoms with van der Waals surface area (Å²) in [5.41, 5.74) is -0.247. The van der Waals surface area contributed by atoms with Gasteiger partial charge in [-0.25, -0.2) is 17.5 Å². The normalized spacial score (nSPS) is 11.4. The molecule has 106 valence electrons. The number of nitrogens with zero attached hydrogens (tertiary/aromatic N) is 1. The third-order valence-corrected chi connectivity index (χ3v) is 4.31. The van der Waals surface area contributed by atoms with Gasteiger partial charge in [0.15, 0.2) is 0 Å². The Balaban J connectivity index is 3.65. The van der Waals surface area contributed by atoms with Crippen molar-refractivity contribution in [2.24, 2.45) is 0 Å². The van der Waals surface area contributed by atoms with Crippen LogP contribution >= 0.6 is 0 Å². The highest BCUT2D eigenvalue weighted by Gasteiger charge is 2.26. The van der Waals surface area contributed by atoms with Crippen molar-refractivity contribution in [1.82, 2.24) is 4.31 Å². The lowest BCUT2D eigenvalue weighted by Gasteiger charge is -2.16. The summed E-state index contributed by atoms with van der Waals surface area (Å²) >= 11 is 0. The Morgan fingerprint density at radius 2 is 1.68 bits per heavy atom. The van der Waals surface area contributed by atoms with Crippen LogP contribution in [-0.4, -0.2) is 52.1 Å². The fraction of sp³-hybridized carbons (Fsp3) is 0.364. The first-order valence-corrected chi connectivity index (χ1v) is 6.61. The number of carbonyl (C=O) groups is 1. The monoisotopic (exact) mass is 289 g/mol. The molecule has 0 saturated carbocycles. The van der Waals surface area contributed by atoms with Gasteiger partial charge in [0, 0.05) is 20.2 Å². The van der Waals surface area contributed by atoms with E-state index in [9.17, 15) is 13.2 Å². The van der Waals surface area contributed by atoms with Crippen molar-refractivity contribution >= 4 is 16.0 Å². The summed E-state index contributed by atoms with van der Waals surface area (Å²) in [5, 5.41) is 9.06. The van der Waals surface area contributed by atoms with Gasteiger partial charge < -0.3 is 14.6 Å². The molecule has 1 aromatic rings. The largest absolute Gasteiger partial charge is 0.496 e. The van der Waals surface area contributed by atoms with Gasteiger partial charge in [0.05, 0.1) is 14.2 Å². The summed E-state index contributed by atoms with van der Waals surface area (Å²) < 4.78 is 35.1. The molecule has 1 N–H and O–H groups in total. The van der Waals surface area contributed by atoms with Crippen LogP contribution in [0.5, 0.6) is 11.5 Å². The van der Waals surface area contributed by atoms with Crippen molar-refractivity contribution in [3.05, 3.63) is 17.7 Å². The Labute approximate surface area is 111 Å². The lowest BCUT2D eigenvalue weighted by molar-refractivity contribution is 0.0693. The van der Waals surface area contributed by atoms with Gasteiger partial charge in [-0.1, -0.05) is 0 Å². The number of sulfonamides is 1. The van der Waals surface area contributed by atoms with Crippen molar-refractivity contribution in [1.29, 1.82) is 0 Å². The number of rotatable bonds is 5. The number of hydrogen-bond acceptors (Lipinski definition) is 5. The summed E-state index contributed by atoms with van der Waals surface area (Å²) in [7, 11) is 1.47. The number of methoxy groups -OCH3 is 2. The van der Waals surface area contributed by atoms with E-state index < -0.39 is 16.0 Å². The van der Waals surface area contributed by atoms with Gasteiger partial charge in [0.2, 0.25) is 10.0 Å². The number of carboxylic acid groups (broad SMARTS) is 1. The zero-order valence-corrected chi connectivity index (χ0v) is 11.8. The topological polar surface area (TPSA) is 93.1 Å². The number of benzene rings is 1. The predicted octanol–water partition coefficient (Wildman–Crippen LogP) is 0.652. The quantitative estimate of drug-likeness (QED) is 0.855. The third kappa shape index (κ3) is 2.79. The second-order valence-corrected chi connectivity index (χ2v) is 5.92. The fourth-order valence-electron chi connectivity index (χ4n) is 1.44. The van der Waals surface area contributed by atoms with E-state index in [2.05, 4.69) is 0 Å². The van der Waals surface area contributed by atoms with Crippen LogP contribution in [0, 0.1) is 0 Å². The molecule has 0 unspecified atom stereocenters. The molecule has 0 spiro atoms. The third-order valence-electron chi connectivity index (χ3n) is 2.47. The zero-order valence-electron chi connectivity index (χ0n) is 11.0. The van der Waals surface area contributed by atoms with Gasteiger partial charge in [-0.05, 0) is 6.07 Å². The Bertz CT molecular complexity index is 593. The summed E-state index contributed by atoms with van der Waals surface area (Å²) in [4.78, 5) is 10.9. The molecule has 0 aliphatic carbocycles. The van der Waals surface area contributed by atoms with E-state index in [1.54, 1.807) is 0 Å². The van der Waals surface area contributed by atoms with E-state index in [-0.39, 0.29) is 22.0 Å². The van der Waals surface area contributed by atoms with Gasteiger partial charge in [-0.15, -0.1) is 0 Å². The highest BCUT2D eigenvalue weighted by Crippen LogP contribution is 2.33. The molecule has 1 rings (SSSR count). The number of carboxylic acids is 1. The number of hydrogen-bond donors (Lipinski definition) is 1. The lowest BCUT2D eigenvalue weighted by atomic mass is 10.2. The van der Waals surface area contributed by atoms with Crippen LogP contribution in [0.25, 0.3) is 0 Å². The highest BCUT2D eigenvalue weighted by molar-refractivity contribution is 7.89. The number of aromatic carboxylic acids is 1. The average Bonchev–Trinajstić information content (AvgIpc) is 2.36. The highest BCUT2D eigenvalue weighted by atomic mass is 32.2. The van der Waals surface area contributed by atoms with Crippen LogP contribution in [0.3, 0.4) is 0 Å². The van der Waals surface area contributed by atoms with Gasteiger partial charge in [-0.3, -0.25) is 0 Å². The Kier molecular flexibility index (Phi) is 4.38. The molecule has 1 aromatic carbocycles. The molecule has 0 fully saturated rings. The Morgan fingerprint density at radius 1 is 1.16 bits per heavy atom. The number of ether oxygens (including phenoxy) is 2. The van der Waals surface area contributed by atoms with Crippen molar-refractivity contribution in [2.75, 3.05) is 28.3 Å². The van der Waals surface area contributed by atoms with E-state index in [0.717, 1.165) is 10.4 Å². The summed E-state index contributed by atoms with van der Waals surface area (Å²) in [5.74, 6) is -1.23. The van der Waals surface area contributed by atoms with Crippen molar-refractivity contribution in [3.63, 3.8) is 0 Å². The molecule has 0 amide bonds. The molecule has 0 bridgehead atoms. The summed E-state index contributed by atoms with van der Waals surface area (Å²) in [6.45, 7) is 0. The maximum atomic E-state index is 12.1. The van der Waals surface area contributed by atoms with E-state index in [1.165, 1.54) is 34.4 Å². The van der Waals surface area contributed by atoms with Crippen LogP contribution in [0.2, 0.25) is 0 Å². The molecule has 0 aromatic heterocycles. The van der Waals surface area contributed by atoms with Crippen LogP contribution in [0.4, 0.5) is 0 Å². The van der Waals surface area contributed by atoms with Crippen LogP contribution < -0.4 is 9.47 Å². The molecular weight excluding hydrogens is 274 g/mol. The SMILES string of the molecule is COc1cc(OC)c(S(=O)(=O)N(C)C)cc1C(=O)O. The van der Waals surface area contributed by atoms with Crippen LogP contribution in [0.15, 0.2) is 17.0 Å². The molecule has 0 saturated heterocycles. The van der Waals surface area contributed by atoms with Crippen molar-refractivity contribution in [3.8, 4) is 11.5 Å². The van der Waals surface area contributed by atoms with Crippen LogP contribution in [0.1, 0.15) is 10.4 Å². The molecule has 0 aliphatic heterocycles. The first-order chi connectivity index (χ1) is 8.75. The van der Waals surface area contributed by atoms with Crippen molar-refractivity contribution < 1.29 is 27.8 Å². The molecule has 0 atom stereocenters.